The van der Waals surface area contributed by atoms with Crippen LogP contribution >= 0.6 is 0 Å². The minimum atomic E-state index is -0.635. The Hall–Kier alpha value is -3.02. The van der Waals surface area contributed by atoms with Crippen molar-refractivity contribution < 1.29 is 18.8 Å². The van der Waals surface area contributed by atoms with Gasteiger partial charge in [0.15, 0.2) is 0 Å². The molecule has 2 aromatic rings. The lowest BCUT2D eigenvalue weighted by atomic mass is 10.1. The number of imide groups is 1. The SMILES string of the molecule is O=C(c1ccc(F)cc1)N1C(=O)[C@H]2CCCN2C(=O)c2ccccc21. The number of nitrogens with zero attached hydrogens (tertiary/aromatic N) is 2. The molecule has 3 amide bonds. The van der Waals surface area contributed by atoms with E-state index < -0.39 is 23.7 Å². The minimum absolute atomic E-state index is 0.198. The number of halogens is 1. The second-order valence-electron chi connectivity index (χ2n) is 6.16. The van der Waals surface area contributed by atoms with Crippen molar-refractivity contribution in [2.75, 3.05) is 11.4 Å². The highest BCUT2D eigenvalue weighted by Gasteiger charge is 2.44. The van der Waals surface area contributed by atoms with E-state index in [-0.39, 0.29) is 17.2 Å². The molecule has 1 fully saturated rings. The van der Waals surface area contributed by atoms with Crippen LogP contribution in [0.5, 0.6) is 0 Å². The van der Waals surface area contributed by atoms with Crippen LogP contribution in [0.1, 0.15) is 33.6 Å². The molecule has 0 aliphatic carbocycles. The van der Waals surface area contributed by atoms with Crippen molar-refractivity contribution in [2.24, 2.45) is 0 Å². The molecule has 0 spiro atoms. The van der Waals surface area contributed by atoms with Crippen LogP contribution < -0.4 is 4.90 Å². The molecule has 2 aromatic carbocycles. The van der Waals surface area contributed by atoms with Crippen LogP contribution in [0.25, 0.3) is 0 Å². The molecule has 2 aliphatic heterocycles. The zero-order valence-electron chi connectivity index (χ0n) is 13.3. The first kappa shape index (κ1) is 15.5. The van der Waals surface area contributed by atoms with Gasteiger partial charge in [-0.1, -0.05) is 12.1 Å². The predicted octanol–water partition coefficient (Wildman–Crippen LogP) is 2.62. The summed E-state index contributed by atoms with van der Waals surface area (Å²) in [6.07, 6.45) is 1.26. The van der Waals surface area contributed by atoms with Gasteiger partial charge in [0, 0.05) is 12.1 Å². The van der Waals surface area contributed by atoms with Crippen molar-refractivity contribution in [3.63, 3.8) is 0 Å². The van der Waals surface area contributed by atoms with Gasteiger partial charge in [-0.05, 0) is 49.2 Å². The third-order valence-electron chi connectivity index (χ3n) is 4.69. The van der Waals surface area contributed by atoms with E-state index in [4.69, 9.17) is 0 Å². The maximum Gasteiger partial charge on any atom is 0.265 e. The van der Waals surface area contributed by atoms with Crippen LogP contribution in [0.15, 0.2) is 48.5 Å². The summed E-state index contributed by atoms with van der Waals surface area (Å²) < 4.78 is 13.2. The Morgan fingerprint density at radius 2 is 1.76 bits per heavy atom. The molecule has 126 valence electrons. The molecule has 2 aliphatic rings. The summed E-state index contributed by atoms with van der Waals surface area (Å²) >= 11 is 0. The average Bonchev–Trinajstić information content (AvgIpc) is 3.09. The Morgan fingerprint density at radius 1 is 1.04 bits per heavy atom. The number of carbonyl (C=O) groups excluding carboxylic acids is 3. The molecular formula is C19H15FN2O3. The lowest BCUT2D eigenvalue weighted by Gasteiger charge is -2.24. The van der Waals surface area contributed by atoms with E-state index in [0.29, 0.717) is 18.5 Å². The van der Waals surface area contributed by atoms with Crippen molar-refractivity contribution in [1.29, 1.82) is 0 Å². The number of rotatable bonds is 1. The molecule has 0 radical (unpaired) electrons. The van der Waals surface area contributed by atoms with Crippen molar-refractivity contribution in [3.05, 3.63) is 65.5 Å². The molecule has 25 heavy (non-hydrogen) atoms. The van der Waals surface area contributed by atoms with E-state index in [1.165, 1.54) is 24.3 Å². The molecule has 2 heterocycles. The summed E-state index contributed by atoms with van der Waals surface area (Å²) in [4.78, 5) is 41.4. The lowest BCUT2D eigenvalue weighted by molar-refractivity contribution is -0.121. The molecule has 0 saturated carbocycles. The Morgan fingerprint density at radius 3 is 2.52 bits per heavy atom. The van der Waals surface area contributed by atoms with Gasteiger partial charge in [0.1, 0.15) is 11.9 Å². The Labute approximate surface area is 143 Å². The highest BCUT2D eigenvalue weighted by Crippen LogP contribution is 2.33. The van der Waals surface area contributed by atoms with E-state index in [1.54, 1.807) is 29.2 Å². The molecule has 6 heteroatoms. The first-order chi connectivity index (χ1) is 12.1. The summed E-state index contributed by atoms with van der Waals surface area (Å²) in [6, 6.07) is 11.0. The van der Waals surface area contributed by atoms with Crippen LogP contribution in [-0.4, -0.2) is 35.2 Å². The lowest BCUT2D eigenvalue weighted by Crippen LogP contribution is -2.47. The second-order valence-corrected chi connectivity index (χ2v) is 6.16. The molecule has 1 saturated heterocycles. The zero-order valence-corrected chi connectivity index (χ0v) is 13.3. The van der Waals surface area contributed by atoms with Crippen LogP contribution in [0.2, 0.25) is 0 Å². The normalized spacial score (nSPS) is 19.5. The van der Waals surface area contributed by atoms with Gasteiger partial charge in [-0.25, -0.2) is 9.29 Å². The summed E-state index contributed by atoms with van der Waals surface area (Å²) in [5.41, 5.74) is 0.806. The van der Waals surface area contributed by atoms with Crippen molar-refractivity contribution in [2.45, 2.75) is 18.9 Å². The Bertz CT molecular complexity index is 878. The summed E-state index contributed by atoms with van der Waals surface area (Å²) in [6.45, 7) is 0.502. The van der Waals surface area contributed by atoms with Gasteiger partial charge in [-0.3, -0.25) is 14.4 Å². The van der Waals surface area contributed by atoms with Crippen molar-refractivity contribution in [1.82, 2.24) is 4.90 Å². The van der Waals surface area contributed by atoms with E-state index in [1.807, 2.05) is 0 Å². The van der Waals surface area contributed by atoms with Gasteiger partial charge in [0.25, 0.3) is 17.7 Å². The van der Waals surface area contributed by atoms with Gasteiger partial charge < -0.3 is 4.90 Å². The average molecular weight is 338 g/mol. The monoisotopic (exact) mass is 338 g/mol. The quantitative estimate of drug-likeness (QED) is 0.751. The second kappa shape index (κ2) is 5.81. The van der Waals surface area contributed by atoms with Gasteiger partial charge in [-0.15, -0.1) is 0 Å². The smallest absolute Gasteiger partial charge is 0.265 e. The zero-order chi connectivity index (χ0) is 17.6. The summed E-state index contributed by atoms with van der Waals surface area (Å²) in [5, 5.41) is 0. The van der Waals surface area contributed by atoms with E-state index in [2.05, 4.69) is 0 Å². The summed E-state index contributed by atoms with van der Waals surface area (Å²) in [7, 11) is 0. The van der Waals surface area contributed by atoms with Crippen LogP contribution in [0.4, 0.5) is 10.1 Å². The number of anilines is 1. The van der Waals surface area contributed by atoms with Crippen molar-refractivity contribution in [3.8, 4) is 0 Å². The molecule has 0 bridgehead atoms. The number of hydrogen-bond donors (Lipinski definition) is 0. The predicted molar refractivity (Wildman–Crippen MR) is 88.7 cm³/mol. The van der Waals surface area contributed by atoms with E-state index >= 15 is 0 Å². The maximum atomic E-state index is 13.2. The van der Waals surface area contributed by atoms with Crippen LogP contribution in [0, 0.1) is 5.82 Å². The minimum Gasteiger partial charge on any atom is -0.327 e. The maximum absolute atomic E-state index is 13.2. The van der Waals surface area contributed by atoms with Gasteiger partial charge >= 0.3 is 0 Å². The van der Waals surface area contributed by atoms with Gasteiger partial charge in [-0.2, -0.15) is 0 Å². The fraction of sp³-hybridized carbons (Fsp3) is 0.211. The fourth-order valence-electron chi connectivity index (χ4n) is 3.47. The molecule has 0 unspecified atom stereocenters. The first-order valence-corrected chi connectivity index (χ1v) is 8.12. The number of carbonyl (C=O) groups is 3. The van der Waals surface area contributed by atoms with Crippen LogP contribution in [-0.2, 0) is 4.79 Å². The molecule has 4 rings (SSSR count). The highest BCUT2D eigenvalue weighted by molar-refractivity contribution is 6.26. The van der Waals surface area contributed by atoms with Crippen LogP contribution in [0.3, 0.4) is 0 Å². The van der Waals surface area contributed by atoms with Crippen molar-refractivity contribution >= 4 is 23.4 Å². The molecule has 0 N–H and O–H groups in total. The molecule has 0 aromatic heterocycles. The number of para-hydroxylation sites is 1. The third-order valence-corrected chi connectivity index (χ3v) is 4.69. The largest absolute Gasteiger partial charge is 0.327 e. The standard InChI is InChI=1S/C19H15FN2O3/c20-13-9-7-12(8-10-13)17(23)22-15-5-2-1-4-14(15)18(24)21-11-3-6-16(21)19(22)25/h1-2,4-5,7-10,16H,3,6,11H2/t16-/m1/s1. The molecule has 1 atom stereocenters. The molecule has 5 nitrogen and oxygen atoms in total. The number of benzene rings is 2. The van der Waals surface area contributed by atoms with E-state index in [9.17, 15) is 18.8 Å². The molecular weight excluding hydrogens is 323 g/mol. The summed E-state index contributed by atoms with van der Waals surface area (Å²) in [5.74, 6) is -1.67. The van der Waals surface area contributed by atoms with E-state index in [0.717, 1.165) is 11.3 Å². The fourth-order valence-corrected chi connectivity index (χ4v) is 3.47. The Balaban J connectivity index is 1.85. The number of fused-ring (bicyclic) bond motifs is 2. The first-order valence-electron chi connectivity index (χ1n) is 8.12. The topological polar surface area (TPSA) is 57.7 Å². The number of amides is 3. The highest BCUT2D eigenvalue weighted by atomic mass is 19.1. The number of hydrogen-bond acceptors (Lipinski definition) is 3. The van der Waals surface area contributed by atoms with Gasteiger partial charge in [0.2, 0.25) is 0 Å². The third kappa shape index (κ3) is 2.41. The Kier molecular flexibility index (Phi) is 3.60. The van der Waals surface area contributed by atoms with Gasteiger partial charge in [0.05, 0.1) is 11.3 Å².